The van der Waals surface area contributed by atoms with E-state index in [2.05, 4.69) is 27.8 Å². The van der Waals surface area contributed by atoms with Crippen LogP contribution in [0.2, 0.25) is 5.02 Å². The zero-order valence-electron chi connectivity index (χ0n) is 24.5. The lowest BCUT2D eigenvalue weighted by Gasteiger charge is -2.46. The second-order valence-electron chi connectivity index (χ2n) is 13.0. The lowest BCUT2D eigenvalue weighted by molar-refractivity contribution is 0.0131. The lowest BCUT2D eigenvalue weighted by atomic mass is 9.68. The minimum absolute atomic E-state index is 0.0516. The molecule has 1 amide bonds. The van der Waals surface area contributed by atoms with Gasteiger partial charge in [-0.3, -0.25) is 4.79 Å². The van der Waals surface area contributed by atoms with Gasteiger partial charge in [0, 0.05) is 42.1 Å². The van der Waals surface area contributed by atoms with Crippen LogP contribution in [-0.2, 0) is 31.3 Å². The van der Waals surface area contributed by atoms with Gasteiger partial charge in [0.15, 0.2) is 0 Å². The Morgan fingerprint density at radius 2 is 2.00 bits per heavy atom. The first-order valence-corrected chi connectivity index (χ1v) is 17.3. The van der Waals surface area contributed by atoms with E-state index in [1.54, 1.807) is 19.2 Å². The Morgan fingerprint density at radius 3 is 2.81 bits per heavy atom. The summed E-state index contributed by atoms with van der Waals surface area (Å²) in [4.78, 5) is 15.8. The van der Waals surface area contributed by atoms with Crippen LogP contribution >= 0.6 is 11.6 Å². The summed E-state index contributed by atoms with van der Waals surface area (Å²) in [6.07, 6.45) is 9.82. The van der Waals surface area contributed by atoms with Gasteiger partial charge in [-0.1, -0.05) is 29.8 Å². The Morgan fingerprint density at radius 1 is 1.12 bits per heavy atom. The van der Waals surface area contributed by atoms with Crippen molar-refractivity contribution in [2.24, 2.45) is 17.8 Å². The number of nitrogens with one attached hydrogen (secondary N) is 1. The number of carbonyl (C=O) groups excluding carboxylic acids is 1. The van der Waals surface area contributed by atoms with Crippen LogP contribution < -0.4 is 14.4 Å². The molecule has 230 valence electrons. The van der Waals surface area contributed by atoms with E-state index >= 15 is 0 Å². The van der Waals surface area contributed by atoms with Gasteiger partial charge < -0.3 is 19.1 Å². The smallest absolute Gasteiger partial charge is 0.264 e. The van der Waals surface area contributed by atoms with E-state index in [1.807, 2.05) is 18.2 Å². The number of allylic oxidation sites excluding steroid dienone is 1. The number of ether oxygens (including phenoxy) is 3. The quantitative estimate of drug-likeness (QED) is 0.451. The van der Waals surface area contributed by atoms with Crippen LogP contribution in [0.4, 0.5) is 5.69 Å². The monoisotopic (exact) mass is 626 g/mol. The fourth-order valence-electron chi connectivity index (χ4n) is 7.98. The van der Waals surface area contributed by atoms with Gasteiger partial charge in [-0.05, 0) is 91.8 Å². The Bertz CT molecular complexity index is 1550. The number of halogens is 1. The molecular formula is C33H39ClN2O6S. The van der Waals surface area contributed by atoms with E-state index in [-0.39, 0.29) is 24.0 Å². The number of anilines is 1. The highest BCUT2D eigenvalue weighted by atomic mass is 35.5. The molecule has 10 heteroatoms. The molecule has 1 saturated heterocycles. The maximum atomic E-state index is 13.5. The number of carbonyl (C=O) groups is 1. The summed E-state index contributed by atoms with van der Waals surface area (Å²) in [6, 6.07) is 11.5. The van der Waals surface area contributed by atoms with Crippen molar-refractivity contribution in [3.05, 3.63) is 70.3 Å². The largest absolute Gasteiger partial charge is 0.490 e. The Labute approximate surface area is 258 Å². The van der Waals surface area contributed by atoms with Crippen LogP contribution in [-0.4, -0.2) is 65.7 Å². The molecule has 0 radical (unpaired) electrons. The van der Waals surface area contributed by atoms with Gasteiger partial charge in [-0.2, -0.15) is 0 Å². The Kier molecular flexibility index (Phi) is 7.73. The SMILES string of the molecule is CO[C@H]1/C=C/C[C@H]2COC[C@@H]2S(=O)(=O)NC(=O)c2ccc3c(c2)N(C[C@@H]2CC[C@H]21)C[C@@]1(CCCc2cc(Cl)ccc21)CO3. The minimum atomic E-state index is -3.96. The molecule has 3 aliphatic heterocycles. The summed E-state index contributed by atoms with van der Waals surface area (Å²) >= 11 is 6.41. The molecule has 1 N–H and O–H groups in total. The van der Waals surface area contributed by atoms with Gasteiger partial charge in [-0.15, -0.1) is 0 Å². The van der Waals surface area contributed by atoms with Crippen LogP contribution in [0.1, 0.15) is 53.6 Å². The summed E-state index contributed by atoms with van der Waals surface area (Å²) in [7, 11) is -2.20. The fraction of sp³-hybridized carbons (Fsp3) is 0.545. The number of amides is 1. The van der Waals surface area contributed by atoms with Gasteiger partial charge in [0.2, 0.25) is 10.0 Å². The molecule has 3 heterocycles. The second kappa shape index (κ2) is 11.4. The van der Waals surface area contributed by atoms with Crippen molar-refractivity contribution in [1.82, 2.24) is 4.72 Å². The van der Waals surface area contributed by atoms with Crippen LogP contribution in [0.3, 0.4) is 0 Å². The molecule has 7 rings (SSSR count). The van der Waals surface area contributed by atoms with Crippen LogP contribution in [0.5, 0.6) is 5.75 Å². The molecule has 1 spiro atoms. The normalized spacial score (nSPS) is 34.0. The third kappa shape index (κ3) is 5.36. The maximum absolute atomic E-state index is 13.5. The summed E-state index contributed by atoms with van der Waals surface area (Å²) in [5, 5.41) is -0.0532. The predicted octanol–water partition coefficient (Wildman–Crippen LogP) is 4.89. The highest BCUT2D eigenvalue weighted by Crippen LogP contribution is 2.47. The second-order valence-corrected chi connectivity index (χ2v) is 15.3. The minimum Gasteiger partial charge on any atom is -0.490 e. The number of rotatable bonds is 1. The molecular weight excluding hydrogens is 588 g/mol. The standard InChI is InChI=1S/C33H39ClN2O6S/c1-40-29-6-2-4-24-17-41-18-31(24)43(38,39)35-32(37)22-8-12-30-28(15-22)36(16-23-7-10-26(23)29)19-33(20-42-30)13-3-5-21-14-25(34)9-11-27(21)33/h2,6,8-9,11-12,14-15,23-24,26,29,31H,3-5,7,10,13,16-20H2,1H3,(H,35,37)/b6-2+/t23-,24-,26+,29-,31-,33-/m0/s1. The van der Waals surface area contributed by atoms with Crippen molar-refractivity contribution >= 4 is 33.2 Å². The number of hydrogen-bond acceptors (Lipinski definition) is 7. The van der Waals surface area contributed by atoms with Crippen LogP contribution in [0.15, 0.2) is 48.6 Å². The van der Waals surface area contributed by atoms with E-state index in [1.165, 1.54) is 11.1 Å². The van der Waals surface area contributed by atoms with Crippen LogP contribution in [0.25, 0.3) is 0 Å². The number of nitrogens with zero attached hydrogens (tertiary/aromatic N) is 1. The molecule has 0 unspecified atom stereocenters. The highest BCUT2D eigenvalue weighted by Gasteiger charge is 2.45. The molecule has 2 bridgehead atoms. The summed E-state index contributed by atoms with van der Waals surface area (Å²) in [6.45, 7) is 2.46. The van der Waals surface area contributed by atoms with Crippen molar-refractivity contribution in [3.8, 4) is 5.75 Å². The molecule has 43 heavy (non-hydrogen) atoms. The zero-order chi connectivity index (χ0) is 29.8. The van der Waals surface area contributed by atoms with Gasteiger partial charge >= 0.3 is 0 Å². The third-order valence-corrected chi connectivity index (χ3v) is 12.5. The van der Waals surface area contributed by atoms with Gasteiger partial charge in [-0.25, -0.2) is 13.1 Å². The fourth-order valence-corrected chi connectivity index (χ4v) is 9.68. The number of hydrogen-bond donors (Lipinski definition) is 1. The Balaban J connectivity index is 1.30. The number of aryl methyl sites for hydroxylation is 1. The molecule has 2 aromatic rings. The molecule has 0 aromatic heterocycles. The van der Waals surface area contributed by atoms with Gasteiger partial charge in [0.25, 0.3) is 5.91 Å². The first-order chi connectivity index (χ1) is 20.8. The van der Waals surface area contributed by atoms with Crippen molar-refractivity contribution in [2.75, 3.05) is 44.9 Å². The zero-order valence-corrected chi connectivity index (χ0v) is 26.0. The molecule has 2 aromatic carbocycles. The maximum Gasteiger partial charge on any atom is 0.264 e. The highest BCUT2D eigenvalue weighted by molar-refractivity contribution is 7.90. The van der Waals surface area contributed by atoms with E-state index in [4.69, 9.17) is 25.8 Å². The van der Waals surface area contributed by atoms with E-state index < -0.39 is 21.2 Å². The van der Waals surface area contributed by atoms with Gasteiger partial charge in [0.1, 0.15) is 11.0 Å². The first kappa shape index (κ1) is 29.1. The number of benzene rings is 2. The number of sulfonamides is 1. The molecule has 5 aliphatic rings. The van der Waals surface area contributed by atoms with Crippen LogP contribution in [0, 0.1) is 17.8 Å². The van der Waals surface area contributed by atoms with Gasteiger partial charge in [0.05, 0.1) is 31.6 Å². The van der Waals surface area contributed by atoms with E-state index in [9.17, 15) is 13.2 Å². The summed E-state index contributed by atoms with van der Waals surface area (Å²) in [5.74, 6) is 0.597. The molecule has 2 fully saturated rings. The van der Waals surface area contributed by atoms with Crippen molar-refractivity contribution in [2.45, 2.75) is 55.3 Å². The summed E-state index contributed by atoms with van der Waals surface area (Å²) in [5.41, 5.74) is 3.44. The summed E-state index contributed by atoms with van der Waals surface area (Å²) < 4.78 is 47.3. The van der Waals surface area contributed by atoms with Crippen molar-refractivity contribution < 1.29 is 27.4 Å². The van der Waals surface area contributed by atoms with E-state index in [0.29, 0.717) is 42.8 Å². The topological polar surface area (TPSA) is 94.2 Å². The van der Waals surface area contributed by atoms with Crippen molar-refractivity contribution in [1.29, 1.82) is 0 Å². The molecule has 1 saturated carbocycles. The number of methoxy groups -OCH3 is 1. The van der Waals surface area contributed by atoms with Crippen molar-refractivity contribution in [3.63, 3.8) is 0 Å². The molecule has 6 atom stereocenters. The Hall–Kier alpha value is -2.59. The average Bonchev–Trinajstić information content (AvgIpc) is 3.40. The molecule has 2 aliphatic carbocycles. The number of fused-ring (bicyclic) bond motifs is 5. The molecule has 8 nitrogen and oxygen atoms in total. The lowest BCUT2D eigenvalue weighted by Crippen LogP contribution is -2.49. The predicted molar refractivity (Wildman–Crippen MR) is 165 cm³/mol. The first-order valence-electron chi connectivity index (χ1n) is 15.4. The third-order valence-electron chi connectivity index (χ3n) is 10.5. The average molecular weight is 627 g/mol. The van der Waals surface area contributed by atoms with E-state index in [0.717, 1.165) is 55.9 Å².